The van der Waals surface area contributed by atoms with E-state index >= 15 is 0 Å². The highest BCUT2D eigenvalue weighted by Crippen LogP contribution is 2.27. The molecule has 0 aliphatic carbocycles. The third-order valence-electron chi connectivity index (χ3n) is 2.91. The molecule has 90 valence electrons. The lowest BCUT2D eigenvalue weighted by Crippen LogP contribution is -2.14. The summed E-state index contributed by atoms with van der Waals surface area (Å²) < 4.78 is 1.19. The second kappa shape index (κ2) is 5.80. The zero-order valence-electron chi connectivity index (χ0n) is 9.82. The van der Waals surface area contributed by atoms with Crippen molar-refractivity contribution in [3.63, 3.8) is 0 Å². The molecule has 0 bridgehead atoms. The molecule has 0 aliphatic rings. The summed E-state index contributed by atoms with van der Waals surface area (Å²) in [5.74, 6) is 0.418. The Bertz CT molecular complexity index is 475. The summed E-state index contributed by atoms with van der Waals surface area (Å²) in [7, 11) is 0. The number of thiophene rings is 1. The summed E-state index contributed by atoms with van der Waals surface area (Å²) in [4.78, 5) is 1.38. The number of benzene rings is 1. The molecular formula is C14H16BrNS. The molecule has 1 aromatic heterocycles. The van der Waals surface area contributed by atoms with Gasteiger partial charge in [0.05, 0.1) is 3.79 Å². The maximum atomic E-state index is 5.89. The molecular weight excluding hydrogens is 294 g/mol. The van der Waals surface area contributed by atoms with Crippen molar-refractivity contribution >= 4 is 27.3 Å². The second-order valence-electron chi connectivity index (χ2n) is 4.25. The molecule has 1 nitrogen and oxygen atoms in total. The van der Waals surface area contributed by atoms with Gasteiger partial charge in [0.15, 0.2) is 0 Å². The molecule has 17 heavy (non-hydrogen) atoms. The Labute approximate surface area is 115 Å². The fraction of sp³-hybridized carbons (Fsp3) is 0.286. The second-order valence-corrected chi connectivity index (χ2v) is 6.80. The van der Waals surface area contributed by atoms with Gasteiger partial charge in [-0.05, 0) is 53.5 Å². The molecule has 0 amide bonds. The lowest BCUT2D eigenvalue weighted by molar-refractivity contribution is 0.701. The minimum absolute atomic E-state index is 0.418. The summed E-state index contributed by atoms with van der Waals surface area (Å²) in [5, 5.41) is 0. The summed E-state index contributed by atoms with van der Waals surface area (Å²) in [5.41, 5.74) is 8.52. The van der Waals surface area contributed by atoms with Crippen LogP contribution in [0.25, 0.3) is 0 Å². The first-order valence-electron chi connectivity index (χ1n) is 5.70. The van der Waals surface area contributed by atoms with Crippen LogP contribution in [-0.4, -0.2) is 6.54 Å². The van der Waals surface area contributed by atoms with Crippen LogP contribution >= 0.6 is 27.3 Å². The van der Waals surface area contributed by atoms with Gasteiger partial charge in [0, 0.05) is 10.8 Å². The van der Waals surface area contributed by atoms with Crippen LogP contribution in [0.5, 0.6) is 0 Å². The lowest BCUT2D eigenvalue weighted by Gasteiger charge is -2.14. The lowest BCUT2D eigenvalue weighted by atomic mass is 9.94. The van der Waals surface area contributed by atoms with Gasteiger partial charge in [-0.3, -0.25) is 0 Å². The zero-order valence-corrected chi connectivity index (χ0v) is 12.2. The third-order valence-corrected chi connectivity index (χ3v) is 4.56. The van der Waals surface area contributed by atoms with Gasteiger partial charge in [-0.2, -0.15) is 0 Å². The summed E-state index contributed by atoms with van der Waals surface area (Å²) >= 11 is 5.29. The number of aryl methyl sites for hydroxylation is 1. The minimum atomic E-state index is 0.418. The van der Waals surface area contributed by atoms with Crippen molar-refractivity contribution in [2.75, 3.05) is 6.54 Å². The molecule has 2 aromatic rings. The average molecular weight is 310 g/mol. The predicted molar refractivity (Wildman–Crippen MR) is 78.7 cm³/mol. The van der Waals surface area contributed by atoms with Crippen LogP contribution in [0.1, 0.15) is 21.9 Å². The quantitative estimate of drug-likeness (QED) is 0.904. The Morgan fingerprint density at radius 1 is 1.18 bits per heavy atom. The van der Waals surface area contributed by atoms with Gasteiger partial charge >= 0.3 is 0 Å². The Hall–Kier alpha value is -0.640. The fourth-order valence-electron chi connectivity index (χ4n) is 1.88. The van der Waals surface area contributed by atoms with Gasteiger partial charge in [-0.1, -0.05) is 29.8 Å². The highest BCUT2D eigenvalue weighted by Gasteiger charge is 2.11. The van der Waals surface area contributed by atoms with Gasteiger partial charge in [0.1, 0.15) is 0 Å². The molecule has 0 radical (unpaired) electrons. The summed E-state index contributed by atoms with van der Waals surface area (Å²) in [6.07, 6.45) is 1.02. The third kappa shape index (κ3) is 3.41. The number of nitrogens with two attached hydrogens (primary N) is 1. The average Bonchev–Trinajstić information content (AvgIpc) is 2.73. The van der Waals surface area contributed by atoms with Crippen LogP contribution in [0.2, 0.25) is 0 Å². The van der Waals surface area contributed by atoms with Crippen molar-refractivity contribution < 1.29 is 0 Å². The monoisotopic (exact) mass is 309 g/mol. The van der Waals surface area contributed by atoms with Crippen LogP contribution in [-0.2, 0) is 6.42 Å². The number of rotatable bonds is 4. The molecule has 0 saturated carbocycles. The van der Waals surface area contributed by atoms with Gasteiger partial charge < -0.3 is 5.73 Å². The fourth-order valence-corrected chi connectivity index (χ4v) is 3.44. The topological polar surface area (TPSA) is 26.0 Å². The first kappa shape index (κ1) is 12.8. The van der Waals surface area contributed by atoms with E-state index in [0.717, 1.165) is 6.42 Å². The SMILES string of the molecule is Cc1ccc(C(CN)Cc2ccc(Br)s2)cc1. The number of hydrogen-bond acceptors (Lipinski definition) is 2. The van der Waals surface area contributed by atoms with E-state index in [1.165, 1.54) is 19.8 Å². The molecule has 0 fully saturated rings. The first-order valence-corrected chi connectivity index (χ1v) is 7.31. The molecule has 2 rings (SSSR count). The molecule has 1 atom stereocenters. The highest BCUT2D eigenvalue weighted by atomic mass is 79.9. The standard InChI is InChI=1S/C14H16BrNS/c1-10-2-4-11(5-3-10)12(9-16)8-13-6-7-14(15)17-13/h2-7,12H,8-9,16H2,1H3. The van der Waals surface area contributed by atoms with Crippen LogP contribution in [0, 0.1) is 6.92 Å². The Morgan fingerprint density at radius 3 is 2.41 bits per heavy atom. The van der Waals surface area contributed by atoms with E-state index in [-0.39, 0.29) is 0 Å². The maximum Gasteiger partial charge on any atom is 0.0701 e. The van der Waals surface area contributed by atoms with E-state index in [0.29, 0.717) is 12.5 Å². The Kier molecular flexibility index (Phi) is 4.37. The van der Waals surface area contributed by atoms with Gasteiger partial charge in [-0.25, -0.2) is 0 Å². The van der Waals surface area contributed by atoms with Crippen LogP contribution in [0.3, 0.4) is 0 Å². The Balaban J connectivity index is 2.13. The molecule has 0 spiro atoms. The van der Waals surface area contributed by atoms with Crippen molar-refractivity contribution in [1.82, 2.24) is 0 Å². The number of halogens is 1. The summed E-state index contributed by atoms with van der Waals surface area (Å²) in [6, 6.07) is 13.0. The molecule has 3 heteroatoms. The van der Waals surface area contributed by atoms with E-state index < -0.39 is 0 Å². The van der Waals surface area contributed by atoms with Crippen LogP contribution in [0.4, 0.5) is 0 Å². The molecule has 2 N–H and O–H groups in total. The van der Waals surface area contributed by atoms with E-state index in [4.69, 9.17) is 5.73 Å². The van der Waals surface area contributed by atoms with E-state index in [2.05, 4.69) is 59.3 Å². The normalized spacial score (nSPS) is 12.6. The van der Waals surface area contributed by atoms with E-state index in [1.807, 2.05) is 0 Å². The zero-order chi connectivity index (χ0) is 12.3. The van der Waals surface area contributed by atoms with Gasteiger partial charge in [-0.15, -0.1) is 11.3 Å². The van der Waals surface area contributed by atoms with E-state index in [9.17, 15) is 0 Å². The van der Waals surface area contributed by atoms with Crippen molar-refractivity contribution in [1.29, 1.82) is 0 Å². The smallest absolute Gasteiger partial charge is 0.0701 e. The molecule has 0 saturated heterocycles. The predicted octanol–water partition coefficient (Wildman–Crippen LogP) is 4.10. The highest BCUT2D eigenvalue weighted by molar-refractivity contribution is 9.11. The van der Waals surface area contributed by atoms with Gasteiger partial charge in [0.25, 0.3) is 0 Å². The largest absolute Gasteiger partial charge is 0.330 e. The van der Waals surface area contributed by atoms with Crippen molar-refractivity contribution in [3.8, 4) is 0 Å². The van der Waals surface area contributed by atoms with Gasteiger partial charge in [0.2, 0.25) is 0 Å². The maximum absolute atomic E-state index is 5.89. The van der Waals surface area contributed by atoms with Crippen molar-refractivity contribution in [2.45, 2.75) is 19.3 Å². The van der Waals surface area contributed by atoms with Crippen molar-refractivity contribution in [2.24, 2.45) is 5.73 Å². The molecule has 0 aliphatic heterocycles. The van der Waals surface area contributed by atoms with E-state index in [1.54, 1.807) is 11.3 Å². The van der Waals surface area contributed by atoms with Crippen LogP contribution in [0.15, 0.2) is 40.2 Å². The molecule has 1 aromatic carbocycles. The summed E-state index contributed by atoms with van der Waals surface area (Å²) in [6.45, 7) is 2.80. The minimum Gasteiger partial charge on any atom is -0.330 e. The molecule has 1 unspecified atom stereocenters. The van der Waals surface area contributed by atoms with Crippen molar-refractivity contribution in [3.05, 3.63) is 56.2 Å². The molecule has 1 heterocycles. The van der Waals surface area contributed by atoms with Crippen LogP contribution < -0.4 is 5.73 Å². The first-order chi connectivity index (χ1) is 8.19. The Morgan fingerprint density at radius 2 is 1.88 bits per heavy atom. The number of hydrogen-bond donors (Lipinski definition) is 1.